The van der Waals surface area contributed by atoms with E-state index >= 15 is 0 Å². The highest BCUT2D eigenvalue weighted by Crippen LogP contribution is 2.37. The highest BCUT2D eigenvalue weighted by Gasteiger charge is 2.29. The number of hydrogen-bond acceptors (Lipinski definition) is 7. The van der Waals surface area contributed by atoms with Gasteiger partial charge in [-0.05, 0) is 63.1 Å². The molecule has 0 saturated carbocycles. The molecule has 0 spiro atoms. The SMILES string of the molecule is CCOC(=O)c1c(NC(=O)c2ccc(S(=O)(=O)N3CCCCCC3)cc2)sc2c1CCN(C)C2. The molecule has 0 atom stereocenters. The molecule has 3 heterocycles. The van der Waals surface area contributed by atoms with Crippen molar-refractivity contribution in [3.05, 3.63) is 45.8 Å². The Morgan fingerprint density at radius 1 is 1.06 bits per heavy atom. The number of likely N-dealkylation sites (N-methyl/N-ethyl adjacent to an activating group) is 1. The van der Waals surface area contributed by atoms with Gasteiger partial charge < -0.3 is 15.0 Å². The lowest BCUT2D eigenvalue weighted by Crippen LogP contribution is -2.31. The third-order valence-corrected chi connectivity index (χ3v) is 9.32. The molecule has 2 aliphatic rings. The molecule has 0 aliphatic carbocycles. The number of amides is 1. The van der Waals surface area contributed by atoms with Gasteiger partial charge in [0.1, 0.15) is 5.00 Å². The number of ether oxygens (including phenoxy) is 1. The van der Waals surface area contributed by atoms with E-state index in [1.165, 1.54) is 39.9 Å². The van der Waals surface area contributed by atoms with Crippen LogP contribution in [-0.2, 0) is 27.7 Å². The van der Waals surface area contributed by atoms with Crippen molar-refractivity contribution in [2.24, 2.45) is 0 Å². The van der Waals surface area contributed by atoms with Crippen LogP contribution in [0.3, 0.4) is 0 Å². The van der Waals surface area contributed by atoms with Crippen molar-refractivity contribution in [3.8, 4) is 0 Å². The number of rotatable bonds is 6. The predicted molar refractivity (Wildman–Crippen MR) is 132 cm³/mol. The number of nitrogens with zero attached hydrogens (tertiary/aromatic N) is 2. The van der Waals surface area contributed by atoms with Gasteiger partial charge in [-0.3, -0.25) is 4.79 Å². The first kappa shape index (κ1) is 24.8. The molecule has 1 aromatic heterocycles. The molecule has 4 rings (SSSR count). The second-order valence-corrected chi connectivity index (χ2v) is 11.8. The number of nitrogens with one attached hydrogen (secondary N) is 1. The van der Waals surface area contributed by atoms with Gasteiger partial charge in [0.25, 0.3) is 5.91 Å². The van der Waals surface area contributed by atoms with Crippen molar-refractivity contribution in [2.45, 2.75) is 50.5 Å². The van der Waals surface area contributed by atoms with E-state index in [0.717, 1.165) is 49.1 Å². The minimum absolute atomic E-state index is 0.188. The molecule has 1 fully saturated rings. The summed E-state index contributed by atoms with van der Waals surface area (Å²) in [6.07, 6.45) is 4.53. The van der Waals surface area contributed by atoms with Crippen molar-refractivity contribution in [1.29, 1.82) is 0 Å². The van der Waals surface area contributed by atoms with E-state index in [4.69, 9.17) is 4.74 Å². The number of thiophene rings is 1. The molecule has 0 bridgehead atoms. The van der Waals surface area contributed by atoms with Crippen molar-refractivity contribution in [3.63, 3.8) is 0 Å². The maximum Gasteiger partial charge on any atom is 0.341 e. The molecule has 34 heavy (non-hydrogen) atoms. The van der Waals surface area contributed by atoms with Crippen LogP contribution >= 0.6 is 11.3 Å². The van der Waals surface area contributed by atoms with Gasteiger partial charge >= 0.3 is 5.97 Å². The summed E-state index contributed by atoms with van der Waals surface area (Å²) in [6.45, 7) is 4.61. The number of fused-ring (bicyclic) bond motifs is 1. The third kappa shape index (κ3) is 5.19. The van der Waals surface area contributed by atoms with E-state index in [0.29, 0.717) is 35.8 Å². The van der Waals surface area contributed by atoms with Crippen LogP contribution in [0.2, 0.25) is 0 Å². The van der Waals surface area contributed by atoms with Crippen molar-refractivity contribution < 1.29 is 22.7 Å². The van der Waals surface area contributed by atoms with Crippen LogP contribution in [0.1, 0.15) is 63.8 Å². The summed E-state index contributed by atoms with van der Waals surface area (Å²) in [4.78, 5) is 29.1. The number of carbonyl (C=O) groups excluding carboxylic acids is 2. The van der Waals surface area contributed by atoms with Gasteiger partial charge in [0.15, 0.2) is 0 Å². The molecule has 8 nitrogen and oxygen atoms in total. The molecule has 1 saturated heterocycles. The molecule has 1 N–H and O–H groups in total. The van der Waals surface area contributed by atoms with Gasteiger partial charge in [0, 0.05) is 36.6 Å². The minimum atomic E-state index is -3.58. The van der Waals surface area contributed by atoms with Gasteiger partial charge in [0.05, 0.1) is 17.1 Å². The highest BCUT2D eigenvalue weighted by atomic mass is 32.2. The molecule has 0 radical (unpaired) electrons. The van der Waals surface area contributed by atoms with E-state index < -0.39 is 21.9 Å². The average Bonchev–Trinajstić information content (AvgIpc) is 2.97. The molecule has 1 aromatic carbocycles. The van der Waals surface area contributed by atoms with Crippen molar-refractivity contribution >= 4 is 38.2 Å². The zero-order chi connectivity index (χ0) is 24.3. The molecule has 2 aromatic rings. The zero-order valence-electron chi connectivity index (χ0n) is 19.6. The topological polar surface area (TPSA) is 96.0 Å². The third-order valence-electron chi connectivity index (χ3n) is 6.27. The monoisotopic (exact) mass is 505 g/mol. The fraction of sp³-hybridized carbons (Fsp3) is 0.500. The van der Waals surface area contributed by atoms with Gasteiger partial charge in [-0.25, -0.2) is 13.2 Å². The van der Waals surface area contributed by atoms with Gasteiger partial charge in [-0.15, -0.1) is 11.3 Å². The standard InChI is InChI=1S/C24H31N3O5S2/c1-3-32-24(29)21-19-12-15-26(2)16-20(19)33-23(21)25-22(28)17-8-10-18(11-9-17)34(30,31)27-13-6-4-5-7-14-27/h8-11H,3-7,12-16H2,1-2H3,(H,25,28). The Hall–Kier alpha value is -2.27. The van der Waals surface area contributed by atoms with Gasteiger partial charge in [0.2, 0.25) is 10.0 Å². The molecule has 184 valence electrons. The predicted octanol–water partition coefficient (Wildman–Crippen LogP) is 3.73. The number of sulfonamides is 1. The first-order valence-electron chi connectivity index (χ1n) is 11.7. The highest BCUT2D eigenvalue weighted by molar-refractivity contribution is 7.89. The van der Waals surface area contributed by atoms with Crippen LogP contribution in [0.4, 0.5) is 5.00 Å². The maximum absolute atomic E-state index is 13.0. The van der Waals surface area contributed by atoms with Gasteiger partial charge in [-0.2, -0.15) is 4.31 Å². The Kier molecular flexibility index (Phi) is 7.71. The largest absolute Gasteiger partial charge is 0.462 e. The summed E-state index contributed by atoms with van der Waals surface area (Å²) >= 11 is 1.39. The first-order chi connectivity index (χ1) is 16.3. The zero-order valence-corrected chi connectivity index (χ0v) is 21.3. The second-order valence-electron chi connectivity index (χ2n) is 8.71. The van der Waals surface area contributed by atoms with E-state index in [1.54, 1.807) is 6.92 Å². The normalized spacial score (nSPS) is 17.6. The van der Waals surface area contributed by atoms with Crippen LogP contribution in [0, 0.1) is 0 Å². The number of anilines is 1. The number of benzene rings is 1. The molecule has 2 aliphatic heterocycles. The lowest BCUT2D eigenvalue weighted by Gasteiger charge is -2.22. The van der Waals surface area contributed by atoms with Crippen LogP contribution in [0.5, 0.6) is 0 Å². The summed E-state index contributed by atoms with van der Waals surface area (Å²) in [5.74, 6) is -0.824. The van der Waals surface area contributed by atoms with Gasteiger partial charge in [-0.1, -0.05) is 12.8 Å². The Balaban J connectivity index is 1.55. The van der Waals surface area contributed by atoms with Crippen LogP contribution in [0.25, 0.3) is 0 Å². The van der Waals surface area contributed by atoms with Crippen LogP contribution in [0.15, 0.2) is 29.2 Å². The Morgan fingerprint density at radius 2 is 1.74 bits per heavy atom. The van der Waals surface area contributed by atoms with E-state index in [-0.39, 0.29) is 11.5 Å². The maximum atomic E-state index is 13.0. The molecule has 0 unspecified atom stereocenters. The van der Waals surface area contributed by atoms with E-state index in [2.05, 4.69) is 10.2 Å². The number of esters is 1. The average molecular weight is 506 g/mol. The number of hydrogen-bond donors (Lipinski definition) is 1. The molecule has 1 amide bonds. The summed E-state index contributed by atoms with van der Waals surface area (Å²) in [5.41, 5.74) is 1.70. The van der Waals surface area contributed by atoms with Crippen molar-refractivity contribution in [1.82, 2.24) is 9.21 Å². The first-order valence-corrected chi connectivity index (χ1v) is 14.0. The summed E-state index contributed by atoms with van der Waals surface area (Å²) < 4.78 is 32.8. The molecule has 10 heteroatoms. The lowest BCUT2D eigenvalue weighted by atomic mass is 10.0. The Labute approximate surface area is 204 Å². The Bertz CT molecular complexity index is 1150. The van der Waals surface area contributed by atoms with Crippen LogP contribution < -0.4 is 5.32 Å². The van der Waals surface area contributed by atoms with Crippen molar-refractivity contribution in [2.75, 3.05) is 38.6 Å². The lowest BCUT2D eigenvalue weighted by molar-refractivity contribution is 0.0526. The fourth-order valence-corrected chi connectivity index (χ4v) is 7.25. The fourth-order valence-electron chi connectivity index (χ4n) is 4.42. The van der Waals surface area contributed by atoms with E-state index in [9.17, 15) is 18.0 Å². The number of carbonyl (C=O) groups is 2. The summed E-state index contributed by atoms with van der Waals surface area (Å²) in [7, 11) is -1.56. The second kappa shape index (κ2) is 10.6. The van der Waals surface area contributed by atoms with E-state index in [1.807, 2.05) is 7.05 Å². The van der Waals surface area contributed by atoms with Crippen LogP contribution in [-0.4, -0.2) is 62.8 Å². The molecular formula is C24H31N3O5S2. The minimum Gasteiger partial charge on any atom is -0.462 e. The quantitative estimate of drug-likeness (QED) is 0.601. The summed E-state index contributed by atoms with van der Waals surface area (Å²) in [5, 5.41) is 3.35. The summed E-state index contributed by atoms with van der Waals surface area (Å²) in [6, 6.07) is 6.00. The Morgan fingerprint density at radius 3 is 2.38 bits per heavy atom. The molecular weight excluding hydrogens is 474 g/mol. The smallest absolute Gasteiger partial charge is 0.341 e.